The smallest absolute Gasteiger partial charge is 0.308 e. The van der Waals surface area contributed by atoms with E-state index in [9.17, 15) is 4.79 Å². The van der Waals surface area contributed by atoms with Gasteiger partial charge in [-0.25, -0.2) is 0 Å². The van der Waals surface area contributed by atoms with Crippen LogP contribution in [0.2, 0.25) is 0 Å². The van der Waals surface area contributed by atoms with E-state index in [1.54, 1.807) is 0 Å². The third-order valence-electron chi connectivity index (χ3n) is 3.90. The number of carbonyl (C=O) groups excluding carboxylic acids is 1. The Morgan fingerprint density at radius 1 is 1.04 bits per heavy atom. The molecule has 0 fully saturated rings. The van der Waals surface area contributed by atoms with Crippen LogP contribution >= 0.6 is 12.4 Å². The Morgan fingerprint density at radius 2 is 1.62 bits per heavy atom. The highest BCUT2D eigenvalue weighted by Gasteiger charge is 2.17. The molecule has 0 aliphatic heterocycles. The predicted octanol–water partition coefficient (Wildman–Crippen LogP) is 4.23. The second-order valence-corrected chi connectivity index (χ2v) is 5.92. The van der Waals surface area contributed by atoms with Gasteiger partial charge >= 0.3 is 5.97 Å². The third-order valence-corrected chi connectivity index (χ3v) is 3.90. The number of ether oxygens (including phenoxy) is 1. The second kappa shape index (κ2) is 10.1. The zero-order chi connectivity index (χ0) is 16.7. The monoisotopic (exact) mass is 347 g/mol. The van der Waals surface area contributed by atoms with Crippen LogP contribution in [0.5, 0.6) is 0 Å². The van der Waals surface area contributed by atoms with E-state index < -0.39 is 0 Å². The van der Waals surface area contributed by atoms with E-state index in [2.05, 4.69) is 36.4 Å². The standard InChI is InChI=1S/C20H25NO2.ClH/c1-3-23-20(22)15(2)13-19(21)14-16-9-11-18(12-10-16)17-7-5-4-6-8-17;/h4-12,15,19H,3,13-14,21H2,1-2H3;1H/t15-,19-;/m0./s1. The summed E-state index contributed by atoms with van der Waals surface area (Å²) in [6, 6.07) is 18.7. The van der Waals surface area contributed by atoms with Gasteiger partial charge in [0.1, 0.15) is 0 Å². The van der Waals surface area contributed by atoms with Crippen LogP contribution in [-0.4, -0.2) is 18.6 Å². The summed E-state index contributed by atoms with van der Waals surface area (Å²) in [7, 11) is 0. The van der Waals surface area contributed by atoms with E-state index in [1.807, 2.05) is 32.0 Å². The summed E-state index contributed by atoms with van der Waals surface area (Å²) in [5.74, 6) is -0.323. The number of nitrogens with two attached hydrogens (primary N) is 1. The topological polar surface area (TPSA) is 52.3 Å². The molecule has 2 rings (SSSR count). The van der Waals surface area contributed by atoms with Crippen molar-refractivity contribution in [2.45, 2.75) is 32.7 Å². The summed E-state index contributed by atoms with van der Waals surface area (Å²) >= 11 is 0. The molecule has 4 heteroatoms. The number of hydrogen-bond donors (Lipinski definition) is 1. The fourth-order valence-corrected chi connectivity index (χ4v) is 2.68. The van der Waals surface area contributed by atoms with Crippen LogP contribution < -0.4 is 5.73 Å². The quantitative estimate of drug-likeness (QED) is 0.762. The average molecular weight is 348 g/mol. The fourth-order valence-electron chi connectivity index (χ4n) is 2.68. The summed E-state index contributed by atoms with van der Waals surface area (Å²) in [4.78, 5) is 11.7. The summed E-state index contributed by atoms with van der Waals surface area (Å²) < 4.78 is 5.02. The molecular formula is C20H26ClNO2. The number of rotatable bonds is 7. The number of esters is 1. The van der Waals surface area contributed by atoms with E-state index in [4.69, 9.17) is 10.5 Å². The van der Waals surface area contributed by atoms with Crippen LogP contribution in [0, 0.1) is 5.92 Å². The van der Waals surface area contributed by atoms with E-state index in [0.29, 0.717) is 13.0 Å². The molecule has 0 saturated heterocycles. The molecule has 130 valence electrons. The number of benzene rings is 2. The lowest BCUT2D eigenvalue weighted by molar-refractivity contribution is -0.147. The van der Waals surface area contributed by atoms with Crippen molar-refractivity contribution in [2.24, 2.45) is 11.7 Å². The highest BCUT2D eigenvalue weighted by molar-refractivity contribution is 5.85. The normalized spacial score (nSPS) is 12.8. The van der Waals surface area contributed by atoms with E-state index in [0.717, 1.165) is 6.42 Å². The van der Waals surface area contributed by atoms with Crippen molar-refractivity contribution in [1.82, 2.24) is 0 Å². The van der Waals surface area contributed by atoms with Crippen molar-refractivity contribution in [3.8, 4) is 11.1 Å². The van der Waals surface area contributed by atoms with Gasteiger partial charge in [-0.15, -0.1) is 12.4 Å². The Balaban J connectivity index is 0.00000288. The maximum Gasteiger partial charge on any atom is 0.308 e. The first kappa shape index (κ1) is 20.2. The number of carbonyl (C=O) groups is 1. The zero-order valence-electron chi connectivity index (χ0n) is 14.3. The molecule has 2 aromatic carbocycles. The van der Waals surface area contributed by atoms with Crippen molar-refractivity contribution >= 4 is 18.4 Å². The molecule has 0 radical (unpaired) electrons. The van der Waals surface area contributed by atoms with Gasteiger partial charge < -0.3 is 10.5 Å². The molecule has 0 amide bonds. The Bertz CT molecular complexity index is 613. The van der Waals surface area contributed by atoms with E-state index >= 15 is 0 Å². The van der Waals surface area contributed by atoms with E-state index in [-0.39, 0.29) is 30.3 Å². The average Bonchev–Trinajstić information content (AvgIpc) is 2.56. The van der Waals surface area contributed by atoms with Gasteiger partial charge in [0.15, 0.2) is 0 Å². The van der Waals surface area contributed by atoms with Crippen LogP contribution in [0.25, 0.3) is 11.1 Å². The SMILES string of the molecule is CCOC(=O)[C@@H](C)C[C@H](N)Cc1ccc(-c2ccccc2)cc1.Cl. The molecule has 0 aliphatic rings. The van der Waals surface area contributed by atoms with Gasteiger partial charge in [-0.05, 0) is 36.5 Å². The van der Waals surface area contributed by atoms with Gasteiger partial charge in [0.05, 0.1) is 12.5 Å². The van der Waals surface area contributed by atoms with Crippen LogP contribution in [0.1, 0.15) is 25.8 Å². The van der Waals surface area contributed by atoms with Crippen LogP contribution in [0.3, 0.4) is 0 Å². The minimum atomic E-state index is -0.164. The van der Waals surface area contributed by atoms with Crippen LogP contribution in [-0.2, 0) is 16.0 Å². The van der Waals surface area contributed by atoms with Crippen molar-refractivity contribution in [1.29, 1.82) is 0 Å². The summed E-state index contributed by atoms with van der Waals surface area (Å²) in [5, 5.41) is 0. The van der Waals surface area contributed by atoms with E-state index in [1.165, 1.54) is 16.7 Å². The largest absolute Gasteiger partial charge is 0.466 e. The molecule has 2 aromatic rings. The maximum atomic E-state index is 11.7. The third kappa shape index (κ3) is 5.99. The van der Waals surface area contributed by atoms with Crippen molar-refractivity contribution in [3.05, 3.63) is 60.2 Å². The second-order valence-electron chi connectivity index (χ2n) is 5.92. The number of hydrogen-bond acceptors (Lipinski definition) is 3. The lowest BCUT2D eigenvalue weighted by Crippen LogP contribution is -2.29. The molecule has 0 heterocycles. The Kier molecular flexibility index (Phi) is 8.51. The first-order chi connectivity index (χ1) is 11.1. The minimum absolute atomic E-state index is 0. The van der Waals surface area contributed by atoms with Gasteiger partial charge in [0, 0.05) is 6.04 Å². The highest BCUT2D eigenvalue weighted by Crippen LogP contribution is 2.20. The number of halogens is 1. The molecule has 2 atom stereocenters. The lowest BCUT2D eigenvalue weighted by Gasteiger charge is -2.16. The molecular weight excluding hydrogens is 322 g/mol. The minimum Gasteiger partial charge on any atom is -0.466 e. The molecule has 0 aliphatic carbocycles. The lowest BCUT2D eigenvalue weighted by atomic mass is 9.95. The Hall–Kier alpha value is -1.84. The molecule has 2 N–H and O–H groups in total. The zero-order valence-corrected chi connectivity index (χ0v) is 15.1. The first-order valence-electron chi connectivity index (χ1n) is 8.16. The predicted molar refractivity (Wildman–Crippen MR) is 101 cm³/mol. The molecule has 0 saturated carbocycles. The van der Waals surface area contributed by atoms with Crippen molar-refractivity contribution in [3.63, 3.8) is 0 Å². The fraction of sp³-hybridized carbons (Fsp3) is 0.350. The first-order valence-corrected chi connectivity index (χ1v) is 8.16. The van der Waals surface area contributed by atoms with Crippen molar-refractivity contribution in [2.75, 3.05) is 6.61 Å². The van der Waals surface area contributed by atoms with Crippen molar-refractivity contribution < 1.29 is 9.53 Å². The Labute approximate surface area is 150 Å². The van der Waals surface area contributed by atoms with Gasteiger partial charge in [0.25, 0.3) is 0 Å². The van der Waals surface area contributed by atoms with Gasteiger partial charge in [-0.2, -0.15) is 0 Å². The summed E-state index contributed by atoms with van der Waals surface area (Å²) in [6.45, 7) is 4.11. The summed E-state index contributed by atoms with van der Waals surface area (Å²) in [5.41, 5.74) is 9.77. The van der Waals surface area contributed by atoms with Crippen LogP contribution in [0.4, 0.5) is 0 Å². The molecule has 0 bridgehead atoms. The van der Waals surface area contributed by atoms with Gasteiger partial charge in [0.2, 0.25) is 0 Å². The highest BCUT2D eigenvalue weighted by atomic mass is 35.5. The Morgan fingerprint density at radius 3 is 2.21 bits per heavy atom. The molecule has 24 heavy (non-hydrogen) atoms. The van der Waals surface area contributed by atoms with Gasteiger partial charge in [-0.3, -0.25) is 4.79 Å². The molecule has 0 unspecified atom stereocenters. The van der Waals surface area contributed by atoms with Crippen LogP contribution in [0.15, 0.2) is 54.6 Å². The molecule has 0 spiro atoms. The summed E-state index contributed by atoms with van der Waals surface area (Å²) in [6.07, 6.45) is 1.40. The molecule has 3 nitrogen and oxygen atoms in total. The van der Waals surface area contributed by atoms with Gasteiger partial charge in [-0.1, -0.05) is 61.5 Å². The molecule has 0 aromatic heterocycles. The maximum absolute atomic E-state index is 11.7.